The summed E-state index contributed by atoms with van der Waals surface area (Å²) in [6.07, 6.45) is 6.24. The van der Waals surface area contributed by atoms with Crippen LogP contribution in [0, 0.1) is 10.1 Å². The van der Waals surface area contributed by atoms with Gasteiger partial charge in [-0.05, 0) is 25.0 Å². The molecule has 0 spiro atoms. The van der Waals surface area contributed by atoms with Gasteiger partial charge >= 0.3 is 5.97 Å². The van der Waals surface area contributed by atoms with E-state index in [1.165, 1.54) is 53.3 Å². The number of aromatic nitrogens is 2. The molecule has 0 unspecified atom stereocenters. The number of amides is 1. The number of hydrogen-bond acceptors (Lipinski definition) is 5. The molecule has 1 aromatic heterocycles. The third-order valence-electron chi connectivity index (χ3n) is 5.18. The number of hydrogen-bond donors (Lipinski definition) is 1. The summed E-state index contributed by atoms with van der Waals surface area (Å²) in [6, 6.07) is 5.77. The van der Waals surface area contributed by atoms with E-state index < -0.39 is 22.3 Å². The van der Waals surface area contributed by atoms with Gasteiger partial charge in [0.2, 0.25) is 0 Å². The number of nitro benzene ring substituents is 1. The van der Waals surface area contributed by atoms with E-state index in [4.69, 9.17) is 0 Å². The van der Waals surface area contributed by atoms with E-state index in [9.17, 15) is 24.8 Å². The number of non-ortho nitro benzene ring substituents is 1. The summed E-state index contributed by atoms with van der Waals surface area (Å²) in [4.78, 5) is 36.3. The van der Waals surface area contributed by atoms with Crippen LogP contribution in [0.15, 0.2) is 36.7 Å². The molecule has 0 aliphatic heterocycles. The molecule has 9 nitrogen and oxygen atoms in total. The molecule has 1 fully saturated rings. The fraction of sp³-hybridized carbons (Fsp3) is 0.389. The molecule has 0 radical (unpaired) electrons. The molecule has 0 saturated heterocycles. The number of rotatable bonds is 5. The predicted molar refractivity (Wildman–Crippen MR) is 95.8 cm³/mol. The SMILES string of the molecule is CN(C(=O)c1cnn(-c2ccc([N+](=O)[O-])cc2)c1)C1(C(=O)O)CCCCC1. The number of carboxylic acids is 1. The van der Waals surface area contributed by atoms with E-state index >= 15 is 0 Å². The van der Waals surface area contributed by atoms with Crippen LogP contribution in [-0.2, 0) is 4.79 Å². The lowest BCUT2D eigenvalue weighted by atomic mass is 9.80. The van der Waals surface area contributed by atoms with E-state index in [1.54, 1.807) is 0 Å². The fourth-order valence-electron chi connectivity index (χ4n) is 3.52. The summed E-state index contributed by atoms with van der Waals surface area (Å²) >= 11 is 0. The molecule has 27 heavy (non-hydrogen) atoms. The molecule has 0 bridgehead atoms. The molecule has 1 amide bonds. The van der Waals surface area contributed by atoms with Crippen LogP contribution in [0.3, 0.4) is 0 Å². The van der Waals surface area contributed by atoms with Gasteiger partial charge in [-0.25, -0.2) is 9.48 Å². The van der Waals surface area contributed by atoms with Gasteiger partial charge in [-0.1, -0.05) is 19.3 Å². The van der Waals surface area contributed by atoms with Crippen molar-refractivity contribution in [1.82, 2.24) is 14.7 Å². The Labute approximate surface area is 155 Å². The van der Waals surface area contributed by atoms with Crippen LogP contribution in [-0.4, -0.2) is 49.2 Å². The van der Waals surface area contributed by atoms with Crippen molar-refractivity contribution in [2.45, 2.75) is 37.6 Å². The number of nitrogens with zero attached hydrogens (tertiary/aromatic N) is 4. The lowest BCUT2D eigenvalue weighted by Gasteiger charge is -2.40. The van der Waals surface area contributed by atoms with Gasteiger partial charge in [-0.2, -0.15) is 5.10 Å². The topological polar surface area (TPSA) is 119 Å². The average molecular weight is 372 g/mol. The predicted octanol–water partition coefficient (Wildman–Crippen LogP) is 2.64. The first-order valence-corrected chi connectivity index (χ1v) is 8.66. The Bertz CT molecular complexity index is 868. The molecule has 1 aliphatic carbocycles. The first kappa shape index (κ1) is 18.6. The average Bonchev–Trinajstić information content (AvgIpc) is 3.17. The van der Waals surface area contributed by atoms with Crippen LogP contribution in [0.1, 0.15) is 42.5 Å². The van der Waals surface area contributed by atoms with Gasteiger partial charge in [0.1, 0.15) is 5.54 Å². The zero-order valence-corrected chi connectivity index (χ0v) is 14.9. The minimum absolute atomic E-state index is 0.0392. The van der Waals surface area contributed by atoms with Crippen LogP contribution in [0.2, 0.25) is 0 Å². The van der Waals surface area contributed by atoms with Crippen LogP contribution < -0.4 is 0 Å². The smallest absolute Gasteiger partial charge is 0.329 e. The summed E-state index contributed by atoms with van der Waals surface area (Å²) < 4.78 is 1.43. The Balaban J connectivity index is 1.83. The van der Waals surface area contributed by atoms with Crippen molar-refractivity contribution in [3.05, 3.63) is 52.3 Å². The molecule has 9 heteroatoms. The van der Waals surface area contributed by atoms with E-state index in [1.807, 2.05) is 0 Å². The van der Waals surface area contributed by atoms with Crippen molar-refractivity contribution < 1.29 is 19.6 Å². The second-order valence-electron chi connectivity index (χ2n) is 6.71. The fourth-order valence-corrected chi connectivity index (χ4v) is 3.52. The van der Waals surface area contributed by atoms with Crippen molar-refractivity contribution >= 4 is 17.6 Å². The molecule has 1 aliphatic rings. The zero-order valence-electron chi connectivity index (χ0n) is 14.9. The van der Waals surface area contributed by atoms with Crippen LogP contribution in [0.4, 0.5) is 5.69 Å². The number of carbonyl (C=O) groups is 2. The highest BCUT2D eigenvalue weighted by Crippen LogP contribution is 2.34. The van der Waals surface area contributed by atoms with Crippen LogP contribution in [0.5, 0.6) is 0 Å². The third-order valence-corrected chi connectivity index (χ3v) is 5.18. The highest BCUT2D eigenvalue weighted by molar-refractivity contribution is 5.97. The van der Waals surface area contributed by atoms with Gasteiger partial charge in [0, 0.05) is 25.4 Å². The standard InChI is InChI=1S/C18H20N4O5/c1-20(18(17(24)25)9-3-2-4-10-18)16(23)13-11-19-21(12-13)14-5-7-15(8-6-14)22(26)27/h5-8,11-12H,2-4,9-10H2,1H3,(H,24,25). The Morgan fingerprint density at radius 1 is 1.22 bits per heavy atom. The monoisotopic (exact) mass is 372 g/mol. The summed E-state index contributed by atoms with van der Waals surface area (Å²) in [6.45, 7) is 0. The van der Waals surface area contributed by atoms with Crippen molar-refractivity contribution in [2.24, 2.45) is 0 Å². The first-order chi connectivity index (χ1) is 12.8. The number of carbonyl (C=O) groups excluding carboxylic acids is 1. The maximum atomic E-state index is 12.9. The Morgan fingerprint density at radius 3 is 2.41 bits per heavy atom. The number of carboxylic acid groups (broad SMARTS) is 1. The van der Waals surface area contributed by atoms with E-state index in [0.29, 0.717) is 18.5 Å². The van der Waals surface area contributed by atoms with Gasteiger partial charge in [-0.15, -0.1) is 0 Å². The first-order valence-electron chi connectivity index (χ1n) is 8.66. The van der Waals surface area contributed by atoms with Crippen molar-refractivity contribution in [2.75, 3.05) is 7.05 Å². The minimum Gasteiger partial charge on any atom is -0.479 e. The highest BCUT2D eigenvalue weighted by atomic mass is 16.6. The summed E-state index contributed by atoms with van der Waals surface area (Å²) in [5, 5.41) is 24.6. The van der Waals surface area contributed by atoms with Gasteiger partial charge in [0.15, 0.2) is 0 Å². The Hall–Kier alpha value is -3.23. The number of likely N-dealkylation sites (N-methyl/N-ethyl adjacent to an activating group) is 1. The van der Waals surface area contributed by atoms with Crippen LogP contribution in [0.25, 0.3) is 5.69 Å². The molecule has 1 heterocycles. The molecule has 1 N–H and O–H groups in total. The molecule has 3 rings (SSSR count). The highest BCUT2D eigenvalue weighted by Gasteiger charge is 2.45. The quantitative estimate of drug-likeness (QED) is 0.636. The molecule has 1 saturated carbocycles. The zero-order chi connectivity index (χ0) is 19.6. The van der Waals surface area contributed by atoms with Crippen molar-refractivity contribution in [3.8, 4) is 5.69 Å². The molecule has 1 aromatic carbocycles. The summed E-state index contributed by atoms with van der Waals surface area (Å²) in [5.41, 5.74) is -0.400. The van der Waals surface area contributed by atoms with E-state index in [-0.39, 0.29) is 11.3 Å². The van der Waals surface area contributed by atoms with Gasteiger partial charge in [-0.3, -0.25) is 14.9 Å². The third kappa shape index (κ3) is 3.40. The van der Waals surface area contributed by atoms with Gasteiger partial charge in [0.25, 0.3) is 11.6 Å². The second kappa shape index (κ2) is 7.18. The molecule has 142 valence electrons. The van der Waals surface area contributed by atoms with Crippen molar-refractivity contribution in [3.63, 3.8) is 0 Å². The Morgan fingerprint density at radius 2 is 1.85 bits per heavy atom. The minimum atomic E-state index is -1.19. The molecular formula is C18H20N4O5. The normalized spacial score (nSPS) is 15.9. The molecular weight excluding hydrogens is 352 g/mol. The van der Waals surface area contributed by atoms with E-state index in [2.05, 4.69) is 5.10 Å². The van der Waals surface area contributed by atoms with Crippen LogP contribution >= 0.6 is 0 Å². The summed E-state index contributed by atoms with van der Waals surface area (Å²) in [5.74, 6) is -1.40. The van der Waals surface area contributed by atoms with Crippen molar-refractivity contribution in [1.29, 1.82) is 0 Å². The largest absolute Gasteiger partial charge is 0.479 e. The lowest BCUT2D eigenvalue weighted by Crippen LogP contribution is -2.56. The van der Waals surface area contributed by atoms with Gasteiger partial charge in [0.05, 0.1) is 22.4 Å². The number of aliphatic carboxylic acids is 1. The maximum absolute atomic E-state index is 12.9. The lowest BCUT2D eigenvalue weighted by molar-refractivity contribution is -0.384. The molecule has 0 atom stereocenters. The number of nitro groups is 1. The Kier molecular flexibility index (Phi) is 4.93. The van der Waals surface area contributed by atoms with E-state index in [0.717, 1.165) is 19.3 Å². The number of benzene rings is 1. The molecule has 2 aromatic rings. The second-order valence-corrected chi connectivity index (χ2v) is 6.71. The van der Waals surface area contributed by atoms with Gasteiger partial charge < -0.3 is 10.0 Å². The maximum Gasteiger partial charge on any atom is 0.329 e. The summed E-state index contributed by atoms with van der Waals surface area (Å²) in [7, 11) is 1.52.